The Bertz CT molecular complexity index is 377. The van der Waals surface area contributed by atoms with Crippen LogP contribution in [0, 0.1) is 22.7 Å². The molecule has 1 amide bonds. The number of carbonyl (C=O) groups is 1. The number of carbonyl (C=O) groups excluding carboxylic acids is 1. The van der Waals surface area contributed by atoms with Gasteiger partial charge in [-0.2, -0.15) is 18.4 Å². The molecule has 0 aliphatic carbocycles. The number of amides is 1. The van der Waals surface area contributed by atoms with Crippen LogP contribution in [-0.4, -0.2) is 30.1 Å². The number of halogens is 3. The molecule has 1 saturated heterocycles. The van der Waals surface area contributed by atoms with Crippen molar-refractivity contribution in [3.05, 3.63) is 0 Å². The summed E-state index contributed by atoms with van der Waals surface area (Å²) in [6, 6.07) is 2.20. The normalized spacial score (nSPS) is 18.9. The molecular weight excluding hydrogens is 269 g/mol. The van der Waals surface area contributed by atoms with Crippen LogP contribution in [0.1, 0.15) is 46.0 Å². The summed E-state index contributed by atoms with van der Waals surface area (Å²) in [6.45, 7) is 5.02. The van der Waals surface area contributed by atoms with E-state index in [9.17, 15) is 18.0 Å². The number of nitrogens with zero attached hydrogens (tertiary/aromatic N) is 2. The molecule has 1 aliphatic rings. The molecule has 0 unspecified atom stereocenters. The molecule has 0 saturated carbocycles. The number of rotatable bonds is 4. The summed E-state index contributed by atoms with van der Waals surface area (Å²) in [6.07, 6.45) is -4.00. The van der Waals surface area contributed by atoms with Gasteiger partial charge in [0.2, 0.25) is 5.91 Å². The van der Waals surface area contributed by atoms with Gasteiger partial charge in [-0.05, 0) is 24.2 Å². The van der Waals surface area contributed by atoms with Crippen molar-refractivity contribution < 1.29 is 18.0 Å². The van der Waals surface area contributed by atoms with E-state index >= 15 is 0 Å². The maximum absolute atomic E-state index is 12.1. The van der Waals surface area contributed by atoms with Gasteiger partial charge in [0.1, 0.15) is 0 Å². The number of hydrogen-bond donors (Lipinski definition) is 0. The van der Waals surface area contributed by atoms with Crippen LogP contribution in [0.25, 0.3) is 0 Å². The standard InChI is InChI=1S/C14H21F3N2O/c1-11(2)13(5-8-18)6-9-19(10-7-13)12(20)3-4-14(15,16)17/h11H,3-7,9-10H2,1-2H3. The molecule has 0 aromatic rings. The van der Waals surface area contributed by atoms with Crippen LogP contribution < -0.4 is 0 Å². The summed E-state index contributed by atoms with van der Waals surface area (Å²) in [5, 5.41) is 8.93. The molecule has 0 aromatic heterocycles. The number of piperidine rings is 1. The summed E-state index contributed by atoms with van der Waals surface area (Å²) in [5.74, 6) is -0.105. The first-order valence-corrected chi connectivity index (χ1v) is 6.92. The Kier molecular flexibility index (Phi) is 5.43. The number of hydrogen-bond acceptors (Lipinski definition) is 2. The van der Waals surface area contributed by atoms with Crippen molar-refractivity contribution in [2.24, 2.45) is 11.3 Å². The van der Waals surface area contributed by atoms with E-state index in [1.165, 1.54) is 4.90 Å². The van der Waals surface area contributed by atoms with E-state index < -0.39 is 24.9 Å². The number of likely N-dealkylation sites (tertiary alicyclic amines) is 1. The van der Waals surface area contributed by atoms with E-state index in [0.717, 1.165) is 0 Å². The van der Waals surface area contributed by atoms with Gasteiger partial charge in [-0.25, -0.2) is 0 Å². The SMILES string of the molecule is CC(C)C1(CC#N)CCN(C(=O)CCC(F)(F)F)CC1. The second-order valence-electron chi connectivity index (χ2n) is 5.85. The Hall–Kier alpha value is -1.25. The highest BCUT2D eigenvalue weighted by molar-refractivity contribution is 5.76. The van der Waals surface area contributed by atoms with Gasteiger partial charge in [0.25, 0.3) is 0 Å². The molecule has 1 rings (SSSR count). The number of nitriles is 1. The zero-order valence-electron chi connectivity index (χ0n) is 12.0. The Morgan fingerprint density at radius 3 is 2.30 bits per heavy atom. The van der Waals surface area contributed by atoms with Crippen LogP contribution in [0.3, 0.4) is 0 Å². The second kappa shape index (κ2) is 6.47. The molecule has 1 heterocycles. The first-order valence-electron chi connectivity index (χ1n) is 6.92. The highest BCUT2D eigenvalue weighted by atomic mass is 19.4. The van der Waals surface area contributed by atoms with Gasteiger partial charge in [-0.3, -0.25) is 4.79 Å². The zero-order valence-corrected chi connectivity index (χ0v) is 12.0. The molecule has 1 fully saturated rings. The fourth-order valence-corrected chi connectivity index (χ4v) is 2.72. The molecule has 0 atom stereocenters. The summed E-state index contributed by atoms with van der Waals surface area (Å²) in [7, 11) is 0. The van der Waals surface area contributed by atoms with Gasteiger partial charge >= 0.3 is 6.18 Å². The fourth-order valence-electron chi connectivity index (χ4n) is 2.72. The molecule has 6 heteroatoms. The van der Waals surface area contributed by atoms with E-state index in [4.69, 9.17) is 5.26 Å². The third-order valence-electron chi connectivity index (χ3n) is 4.39. The molecule has 0 radical (unpaired) electrons. The monoisotopic (exact) mass is 290 g/mol. The average molecular weight is 290 g/mol. The van der Waals surface area contributed by atoms with E-state index in [0.29, 0.717) is 38.3 Å². The zero-order chi connectivity index (χ0) is 15.4. The lowest BCUT2D eigenvalue weighted by atomic mass is 9.68. The van der Waals surface area contributed by atoms with E-state index in [1.54, 1.807) is 0 Å². The van der Waals surface area contributed by atoms with Gasteiger partial charge in [-0.15, -0.1) is 0 Å². The van der Waals surface area contributed by atoms with Gasteiger partial charge in [0.05, 0.1) is 12.5 Å². The van der Waals surface area contributed by atoms with E-state index in [2.05, 4.69) is 19.9 Å². The molecule has 20 heavy (non-hydrogen) atoms. The quantitative estimate of drug-likeness (QED) is 0.795. The van der Waals surface area contributed by atoms with Crippen LogP contribution in [0.5, 0.6) is 0 Å². The van der Waals surface area contributed by atoms with Gasteiger partial charge in [-0.1, -0.05) is 13.8 Å². The van der Waals surface area contributed by atoms with Gasteiger partial charge in [0.15, 0.2) is 0 Å². The molecule has 0 aromatic carbocycles. The second-order valence-corrected chi connectivity index (χ2v) is 5.85. The van der Waals surface area contributed by atoms with E-state index in [1.807, 2.05) is 0 Å². The summed E-state index contributed by atoms with van der Waals surface area (Å²) in [4.78, 5) is 13.2. The first-order chi connectivity index (χ1) is 9.20. The summed E-state index contributed by atoms with van der Waals surface area (Å²) >= 11 is 0. The highest BCUT2D eigenvalue weighted by Crippen LogP contribution is 2.41. The predicted molar refractivity (Wildman–Crippen MR) is 68.6 cm³/mol. The van der Waals surface area contributed by atoms with Crippen molar-refractivity contribution in [1.82, 2.24) is 4.90 Å². The summed E-state index contributed by atoms with van der Waals surface area (Å²) in [5.41, 5.74) is -0.102. The average Bonchev–Trinajstić information content (AvgIpc) is 2.36. The molecule has 114 valence electrons. The topological polar surface area (TPSA) is 44.1 Å². The predicted octanol–water partition coefficient (Wildman–Crippen LogP) is 3.51. The smallest absolute Gasteiger partial charge is 0.343 e. The molecule has 0 N–H and O–H groups in total. The molecule has 0 spiro atoms. The third kappa shape index (κ3) is 4.39. The van der Waals surface area contributed by atoms with Crippen molar-refractivity contribution >= 4 is 5.91 Å². The van der Waals surface area contributed by atoms with Crippen LogP contribution in [0.15, 0.2) is 0 Å². The molecule has 3 nitrogen and oxygen atoms in total. The summed E-state index contributed by atoms with van der Waals surface area (Å²) < 4.78 is 36.3. The van der Waals surface area contributed by atoms with Crippen LogP contribution >= 0.6 is 0 Å². The van der Waals surface area contributed by atoms with Crippen molar-refractivity contribution in [1.29, 1.82) is 5.26 Å². The van der Waals surface area contributed by atoms with Crippen molar-refractivity contribution in [3.8, 4) is 6.07 Å². The first kappa shape index (κ1) is 16.8. The van der Waals surface area contributed by atoms with Gasteiger partial charge < -0.3 is 4.90 Å². The minimum atomic E-state index is -4.28. The Morgan fingerprint density at radius 1 is 1.35 bits per heavy atom. The maximum atomic E-state index is 12.1. The van der Waals surface area contributed by atoms with Crippen LogP contribution in [0.4, 0.5) is 13.2 Å². The Balaban J connectivity index is 2.53. The minimum absolute atomic E-state index is 0.102. The molecule has 0 bridgehead atoms. The van der Waals surface area contributed by atoms with Crippen LogP contribution in [-0.2, 0) is 4.79 Å². The fraction of sp³-hybridized carbons (Fsp3) is 0.857. The van der Waals surface area contributed by atoms with Crippen LogP contribution in [0.2, 0.25) is 0 Å². The van der Waals surface area contributed by atoms with Crippen molar-refractivity contribution in [2.45, 2.75) is 52.1 Å². The lowest BCUT2D eigenvalue weighted by molar-refractivity contribution is -0.150. The Labute approximate surface area is 117 Å². The van der Waals surface area contributed by atoms with Crippen molar-refractivity contribution in [2.75, 3.05) is 13.1 Å². The molecule has 1 aliphatic heterocycles. The third-order valence-corrected chi connectivity index (χ3v) is 4.39. The lowest BCUT2D eigenvalue weighted by Crippen LogP contribution is -2.45. The lowest BCUT2D eigenvalue weighted by Gasteiger charge is -2.43. The van der Waals surface area contributed by atoms with Gasteiger partial charge in [0, 0.05) is 25.9 Å². The number of alkyl halides is 3. The maximum Gasteiger partial charge on any atom is 0.389 e. The largest absolute Gasteiger partial charge is 0.389 e. The highest BCUT2D eigenvalue weighted by Gasteiger charge is 2.38. The van der Waals surface area contributed by atoms with Crippen molar-refractivity contribution in [3.63, 3.8) is 0 Å². The molecular formula is C14H21F3N2O. The Morgan fingerprint density at radius 2 is 1.90 bits per heavy atom. The minimum Gasteiger partial charge on any atom is -0.343 e. The van der Waals surface area contributed by atoms with E-state index in [-0.39, 0.29) is 5.41 Å².